The van der Waals surface area contributed by atoms with Crippen LogP contribution in [0.15, 0.2) is 58.6 Å². The molecule has 4 aromatic rings. The van der Waals surface area contributed by atoms with Gasteiger partial charge in [0, 0.05) is 49.2 Å². The molecule has 1 saturated heterocycles. The molecule has 3 N–H and O–H groups in total. The number of nitrogens with zero attached hydrogens (tertiary/aromatic N) is 5. The molecule has 3 aromatic heterocycles. The van der Waals surface area contributed by atoms with E-state index in [0.717, 1.165) is 54.6 Å². The summed E-state index contributed by atoms with van der Waals surface area (Å²) < 4.78 is 14.5. The summed E-state index contributed by atoms with van der Waals surface area (Å²) >= 11 is 0. The Kier molecular flexibility index (Phi) is 5.85. The molecule has 5 heterocycles. The molecule has 2 unspecified atom stereocenters. The molecule has 36 heavy (non-hydrogen) atoms. The zero-order chi connectivity index (χ0) is 24.6. The van der Waals surface area contributed by atoms with Crippen LogP contribution in [0.4, 0.5) is 5.82 Å². The number of hydrazone groups is 1. The van der Waals surface area contributed by atoms with Crippen molar-refractivity contribution in [1.82, 2.24) is 25.1 Å². The van der Waals surface area contributed by atoms with Gasteiger partial charge >= 0.3 is 0 Å². The largest absolute Gasteiger partial charge is 0.479 e. The minimum atomic E-state index is -0.244. The van der Waals surface area contributed by atoms with Crippen molar-refractivity contribution in [3.63, 3.8) is 0 Å². The van der Waals surface area contributed by atoms with E-state index in [1.54, 1.807) is 12.5 Å². The fourth-order valence-corrected chi connectivity index (χ4v) is 5.12. The second-order valence-corrected chi connectivity index (χ2v) is 9.70. The van der Waals surface area contributed by atoms with Crippen molar-refractivity contribution in [3.8, 4) is 16.9 Å². The molecule has 6 rings (SSSR count). The summed E-state index contributed by atoms with van der Waals surface area (Å²) in [5.74, 6) is 1.04. The summed E-state index contributed by atoms with van der Waals surface area (Å²) in [6.45, 7) is 4.92. The number of furan rings is 1. The van der Waals surface area contributed by atoms with Gasteiger partial charge in [-0.25, -0.2) is 4.98 Å². The molecule has 0 amide bonds. The molecule has 2 aliphatic rings. The lowest BCUT2D eigenvalue weighted by atomic mass is 9.97. The molecule has 1 aromatic carbocycles. The number of nitrogens with two attached hydrogens (primary N) is 1. The topological polar surface area (TPSA) is 107 Å². The first-order valence-corrected chi connectivity index (χ1v) is 12.5. The van der Waals surface area contributed by atoms with E-state index in [2.05, 4.69) is 55.6 Å². The van der Waals surface area contributed by atoms with Gasteiger partial charge < -0.3 is 20.2 Å². The average Bonchev–Trinajstić information content (AvgIpc) is 3.66. The van der Waals surface area contributed by atoms with Gasteiger partial charge in [0.1, 0.15) is 12.4 Å². The highest BCUT2D eigenvalue weighted by atomic mass is 16.5. The van der Waals surface area contributed by atoms with Crippen LogP contribution in [-0.4, -0.2) is 52.7 Å². The SMILES string of the molecule is CC(Oc1c(N)ncc2c(-c3cnn(C4CCNCC4)c3)coc12)c1cccc(C2C=NN(C)C2)c1. The quantitative estimate of drug-likeness (QED) is 0.418. The number of hydrogen-bond acceptors (Lipinski definition) is 8. The highest BCUT2D eigenvalue weighted by molar-refractivity contribution is 5.97. The maximum atomic E-state index is 6.38. The lowest BCUT2D eigenvalue weighted by Gasteiger charge is -2.22. The van der Waals surface area contributed by atoms with Crippen molar-refractivity contribution in [2.75, 3.05) is 32.4 Å². The number of fused-ring (bicyclic) bond motifs is 1. The number of anilines is 1. The maximum Gasteiger partial charge on any atom is 0.205 e. The highest BCUT2D eigenvalue weighted by Gasteiger charge is 2.22. The van der Waals surface area contributed by atoms with Gasteiger partial charge in [0.25, 0.3) is 0 Å². The van der Waals surface area contributed by atoms with Crippen LogP contribution in [0.2, 0.25) is 0 Å². The molecule has 0 saturated carbocycles. The van der Waals surface area contributed by atoms with Crippen molar-refractivity contribution >= 4 is 23.0 Å². The van der Waals surface area contributed by atoms with E-state index in [0.29, 0.717) is 23.2 Å². The van der Waals surface area contributed by atoms with E-state index in [1.165, 1.54) is 5.56 Å². The summed E-state index contributed by atoms with van der Waals surface area (Å²) in [5.41, 5.74) is 11.1. The molecule has 1 fully saturated rings. The van der Waals surface area contributed by atoms with Crippen molar-refractivity contribution in [3.05, 3.63) is 60.2 Å². The van der Waals surface area contributed by atoms with Gasteiger partial charge in [0.15, 0.2) is 11.4 Å². The molecule has 0 radical (unpaired) electrons. The zero-order valence-corrected chi connectivity index (χ0v) is 20.6. The molecule has 2 atom stereocenters. The van der Waals surface area contributed by atoms with Crippen LogP contribution in [0.25, 0.3) is 22.1 Å². The Balaban J connectivity index is 1.27. The minimum absolute atomic E-state index is 0.244. The van der Waals surface area contributed by atoms with E-state index in [4.69, 9.17) is 14.9 Å². The Morgan fingerprint density at radius 1 is 1.22 bits per heavy atom. The third kappa shape index (κ3) is 4.19. The number of nitrogen functional groups attached to an aromatic ring is 1. The minimum Gasteiger partial charge on any atom is -0.479 e. The Hall–Kier alpha value is -3.85. The van der Waals surface area contributed by atoms with E-state index in [-0.39, 0.29) is 12.0 Å². The molecular formula is C27H31N7O2. The van der Waals surface area contributed by atoms with E-state index >= 15 is 0 Å². The van der Waals surface area contributed by atoms with Gasteiger partial charge in [-0.05, 0) is 44.0 Å². The van der Waals surface area contributed by atoms with Crippen LogP contribution in [-0.2, 0) is 0 Å². The molecule has 0 bridgehead atoms. The number of likely N-dealkylation sites (N-methyl/N-ethyl adjacent to an activating group) is 1. The van der Waals surface area contributed by atoms with Gasteiger partial charge in [-0.15, -0.1) is 0 Å². The number of aromatic nitrogens is 3. The van der Waals surface area contributed by atoms with Crippen LogP contribution in [0.1, 0.15) is 49.0 Å². The van der Waals surface area contributed by atoms with Gasteiger partial charge in [0.2, 0.25) is 5.75 Å². The summed E-state index contributed by atoms with van der Waals surface area (Å²) in [6, 6.07) is 8.84. The third-order valence-corrected chi connectivity index (χ3v) is 7.20. The van der Waals surface area contributed by atoms with E-state index in [1.807, 2.05) is 31.4 Å². The van der Waals surface area contributed by atoms with Crippen molar-refractivity contribution in [1.29, 1.82) is 0 Å². The summed E-state index contributed by atoms with van der Waals surface area (Å²) in [5, 5.41) is 15.2. The van der Waals surface area contributed by atoms with Crippen LogP contribution >= 0.6 is 0 Å². The first kappa shape index (κ1) is 22.6. The predicted octanol–water partition coefficient (Wildman–Crippen LogP) is 4.35. The molecule has 9 heteroatoms. The molecule has 2 aliphatic heterocycles. The summed E-state index contributed by atoms with van der Waals surface area (Å²) in [4.78, 5) is 4.43. The fraction of sp³-hybridized carbons (Fsp3) is 0.370. The number of nitrogens with one attached hydrogen (secondary N) is 1. The smallest absolute Gasteiger partial charge is 0.205 e. The van der Waals surface area contributed by atoms with Crippen molar-refractivity contribution in [2.24, 2.45) is 5.10 Å². The molecule has 0 spiro atoms. The lowest BCUT2D eigenvalue weighted by molar-refractivity contribution is 0.227. The Labute approximate surface area is 209 Å². The summed E-state index contributed by atoms with van der Waals surface area (Å²) in [6.07, 6.45) is 11.4. The number of rotatable bonds is 6. The molecular weight excluding hydrogens is 454 g/mol. The van der Waals surface area contributed by atoms with Gasteiger partial charge in [-0.3, -0.25) is 9.69 Å². The zero-order valence-electron chi connectivity index (χ0n) is 20.6. The van der Waals surface area contributed by atoms with Crippen LogP contribution in [0.5, 0.6) is 5.75 Å². The van der Waals surface area contributed by atoms with Gasteiger partial charge in [-0.2, -0.15) is 10.2 Å². The Morgan fingerprint density at radius 3 is 2.89 bits per heavy atom. The predicted molar refractivity (Wildman–Crippen MR) is 140 cm³/mol. The van der Waals surface area contributed by atoms with Crippen LogP contribution in [0, 0.1) is 0 Å². The number of pyridine rings is 1. The Bertz CT molecular complexity index is 1400. The average molecular weight is 486 g/mol. The molecule has 9 nitrogen and oxygen atoms in total. The van der Waals surface area contributed by atoms with E-state index < -0.39 is 0 Å². The van der Waals surface area contributed by atoms with Gasteiger partial charge in [-0.1, -0.05) is 24.3 Å². The highest BCUT2D eigenvalue weighted by Crippen LogP contribution is 2.40. The van der Waals surface area contributed by atoms with Crippen molar-refractivity contribution in [2.45, 2.75) is 37.8 Å². The number of hydrogen-bond donors (Lipinski definition) is 2. The van der Waals surface area contributed by atoms with Crippen molar-refractivity contribution < 1.29 is 9.15 Å². The van der Waals surface area contributed by atoms with E-state index in [9.17, 15) is 0 Å². The molecule has 0 aliphatic carbocycles. The Morgan fingerprint density at radius 2 is 2.08 bits per heavy atom. The van der Waals surface area contributed by atoms with Crippen LogP contribution in [0.3, 0.4) is 0 Å². The standard InChI is InChI=1S/C27H31N7O2/c1-17(18-4-3-5-19(10-18)20-11-31-33(2)14-20)36-26-25-23(13-30-27(26)28)24(16-35-25)21-12-32-34(15-21)22-6-8-29-9-7-22/h3-5,10-13,15-17,20,22,29H,6-9,14H2,1-2H3,(H2,28,30). The first-order valence-electron chi connectivity index (χ1n) is 12.5. The monoisotopic (exact) mass is 485 g/mol. The van der Waals surface area contributed by atoms with Crippen LogP contribution < -0.4 is 15.8 Å². The summed E-state index contributed by atoms with van der Waals surface area (Å²) in [7, 11) is 1.98. The third-order valence-electron chi connectivity index (χ3n) is 7.20. The van der Waals surface area contributed by atoms with Gasteiger partial charge in [0.05, 0.1) is 17.6 Å². The normalized spacial score (nSPS) is 19.3. The number of ether oxygens (including phenoxy) is 1. The second-order valence-electron chi connectivity index (χ2n) is 9.70. The lowest BCUT2D eigenvalue weighted by Crippen LogP contribution is -2.29. The maximum absolute atomic E-state index is 6.38. The number of piperidine rings is 1. The molecule has 186 valence electrons. The number of benzene rings is 1. The second kappa shape index (κ2) is 9.31. The first-order chi connectivity index (χ1) is 17.6. The fourth-order valence-electron chi connectivity index (χ4n) is 5.12.